The van der Waals surface area contributed by atoms with Crippen molar-refractivity contribution in [2.45, 2.75) is 11.8 Å². The number of hydrogen-bond donors (Lipinski definition) is 1. The summed E-state index contributed by atoms with van der Waals surface area (Å²) in [6.45, 7) is 0.594. The second-order valence-corrected chi connectivity index (χ2v) is 8.17. The highest BCUT2D eigenvalue weighted by atomic mass is 15.1. The Kier molecular flexibility index (Phi) is 3.78. The summed E-state index contributed by atoms with van der Waals surface area (Å²) in [7, 11) is 6.23. The summed E-state index contributed by atoms with van der Waals surface area (Å²) < 4.78 is 0. The molecular formula is C24H23N5. The molecule has 5 heteroatoms. The van der Waals surface area contributed by atoms with Crippen molar-refractivity contribution >= 4 is 33.2 Å². The van der Waals surface area contributed by atoms with Gasteiger partial charge in [0.15, 0.2) is 0 Å². The largest absolute Gasteiger partial charge is 0.377 e. The van der Waals surface area contributed by atoms with Crippen molar-refractivity contribution in [2.24, 2.45) is 0 Å². The summed E-state index contributed by atoms with van der Waals surface area (Å²) in [6, 6.07) is 21.3. The second kappa shape index (κ2) is 6.25. The normalized spacial score (nSPS) is 18.6. The van der Waals surface area contributed by atoms with Crippen LogP contribution in [-0.2, 0) is 11.8 Å². The van der Waals surface area contributed by atoms with Crippen LogP contribution in [0.3, 0.4) is 0 Å². The summed E-state index contributed by atoms with van der Waals surface area (Å²) in [5, 5.41) is 12.7. The average molecular weight is 381 g/mol. The molecule has 2 heterocycles. The van der Waals surface area contributed by atoms with E-state index >= 15 is 0 Å². The third-order valence-electron chi connectivity index (χ3n) is 6.00. The van der Waals surface area contributed by atoms with Crippen LogP contribution in [0, 0.1) is 11.3 Å². The molecule has 0 radical (unpaired) electrons. The molecule has 29 heavy (non-hydrogen) atoms. The van der Waals surface area contributed by atoms with Crippen molar-refractivity contribution < 1.29 is 0 Å². The lowest BCUT2D eigenvalue weighted by Crippen LogP contribution is -2.45. The number of H-pyrrole nitrogens is 1. The molecule has 1 unspecified atom stereocenters. The summed E-state index contributed by atoms with van der Waals surface area (Å²) >= 11 is 0. The van der Waals surface area contributed by atoms with Crippen LogP contribution < -0.4 is 9.80 Å². The fourth-order valence-corrected chi connectivity index (χ4v) is 4.67. The molecule has 5 rings (SSSR count). The summed E-state index contributed by atoms with van der Waals surface area (Å²) in [5.74, 6) is 0.750. The first kappa shape index (κ1) is 17.6. The Bertz CT molecular complexity index is 1250. The first-order valence-electron chi connectivity index (χ1n) is 9.82. The minimum atomic E-state index is -0.707. The zero-order chi connectivity index (χ0) is 20.2. The van der Waals surface area contributed by atoms with E-state index in [1.54, 1.807) is 0 Å². The molecule has 0 amide bonds. The maximum Gasteiger partial charge on any atom is 0.136 e. The third-order valence-corrected chi connectivity index (χ3v) is 6.00. The molecule has 1 aliphatic heterocycles. The van der Waals surface area contributed by atoms with Crippen molar-refractivity contribution in [1.29, 1.82) is 5.26 Å². The first-order chi connectivity index (χ1) is 14.0. The molecule has 4 aromatic rings. The van der Waals surface area contributed by atoms with E-state index in [0.717, 1.165) is 16.9 Å². The number of nitrogens with one attached hydrogen (secondary N) is 1. The molecule has 1 N–H and O–H groups in total. The predicted molar refractivity (Wildman–Crippen MR) is 119 cm³/mol. The van der Waals surface area contributed by atoms with Crippen LogP contribution in [0.15, 0.2) is 54.6 Å². The second-order valence-electron chi connectivity index (χ2n) is 8.17. The molecule has 3 aromatic carbocycles. The number of benzene rings is 3. The molecular weight excluding hydrogens is 358 g/mol. The van der Waals surface area contributed by atoms with E-state index in [4.69, 9.17) is 4.98 Å². The van der Waals surface area contributed by atoms with Gasteiger partial charge in [0.2, 0.25) is 0 Å². The Morgan fingerprint density at radius 2 is 1.93 bits per heavy atom. The number of aromatic nitrogens is 2. The van der Waals surface area contributed by atoms with Crippen molar-refractivity contribution in [2.75, 3.05) is 37.5 Å². The van der Waals surface area contributed by atoms with E-state index < -0.39 is 5.41 Å². The van der Waals surface area contributed by atoms with Gasteiger partial charge in [-0.15, -0.1) is 0 Å². The van der Waals surface area contributed by atoms with Crippen LogP contribution in [0.25, 0.3) is 21.8 Å². The van der Waals surface area contributed by atoms with Crippen LogP contribution in [0.2, 0.25) is 0 Å². The minimum absolute atomic E-state index is 0.594. The fraction of sp³-hybridized carbons (Fsp3) is 0.250. The average Bonchev–Trinajstić information content (AvgIpc) is 3.17. The van der Waals surface area contributed by atoms with Gasteiger partial charge in [-0.1, -0.05) is 36.4 Å². The lowest BCUT2D eigenvalue weighted by atomic mass is 9.77. The Hall–Kier alpha value is -3.52. The number of anilines is 2. The van der Waals surface area contributed by atoms with Gasteiger partial charge in [0.25, 0.3) is 0 Å². The number of aromatic amines is 1. The number of nitrogens with zero attached hydrogens (tertiary/aromatic N) is 4. The quantitative estimate of drug-likeness (QED) is 0.564. The summed E-state index contributed by atoms with van der Waals surface area (Å²) in [5.41, 5.74) is 4.76. The van der Waals surface area contributed by atoms with Crippen LogP contribution >= 0.6 is 0 Å². The first-order valence-corrected chi connectivity index (χ1v) is 9.82. The van der Waals surface area contributed by atoms with Gasteiger partial charge in [-0.05, 0) is 29.1 Å². The number of nitriles is 1. The standard InChI is InChI=1S/C24H23N5/c1-28(2)20-10-6-7-16-11-12-17-13-24(14-25,15-29(3)22(17)21(16)20)23-26-18-8-4-5-9-19(18)27-23/h4-12H,13,15H2,1-3H3,(H,26,27). The number of para-hydroxylation sites is 2. The highest BCUT2D eigenvalue weighted by molar-refractivity contribution is 6.05. The van der Waals surface area contributed by atoms with Crippen molar-refractivity contribution in [1.82, 2.24) is 9.97 Å². The zero-order valence-electron chi connectivity index (χ0n) is 16.9. The molecule has 5 nitrogen and oxygen atoms in total. The molecule has 0 saturated heterocycles. The van der Waals surface area contributed by atoms with E-state index in [0.29, 0.717) is 13.0 Å². The van der Waals surface area contributed by atoms with Crippen molar-refractivity contribution in [3.63, 3.8) is 0 Å². The van der Waals surface area contributed by atoms with Crippen LogP contribution in [0.4, 0.5) is 11.4 Å². The van der Waals surface area contributed by atoms with Gasteiger partial charge >= 0.3 is 0 Å². The SMILES string of the molecule is CN(C)c1cccc2ccc3c(c12)N(C)CC(C#N)(c1nc2ccccc2[nH]1)C3. The van der Waals surface area contributed by atoms with Crippen molar-refractivity contribution in [3.05, 3.63) is 66.0 Å². The smallest absolute Gasteiger partial charge is 0.136 e. The molecule has 0 bridgehead atoms. The van der Waals surface area contributed by atoms with Gasteiger partial charge in [0.05, 0.1) is 17.1 Å². The molecule has 1 atom stereocenters. The lowest BCUT2D eigenvalue weighted by molar-refractivity contribution is 0.498. The van der Waals surface area contributed by atoms with Gasteiger partial charge in [-0.2, -0.15) is 5.26 Å². The van der Waals surface area contributed by atoms with Gasteiger partial charge < -0.3 is 14.8 Å². The van der Waals surface area contributed by atoms with Gasteiger partial charge in [-0.3, -0.25) is 0 Å². The maximum atomic E-state index is 10.3. The van der Waals surface area contributed by atoms with E-state index in [2.05, 4.69) is 72.3 Å². The number of fused-ring (bicyclic) bond motifs is 4. The zero-order valence-corrected chi connectivity index (χ0v) is 16.9. The van der Waals surface area contributed by atoms with E-state index in [9.17, 15) is 5.26 Å². The van der Waals surface area contributed by atoms with Gasteiger partial charge in [0.1, 0.15) is 11.2 Å². The van der Waals surface area contributed by atoms with Gasteiger partial charge in [0, 0.05) is 50.9 Å². The Labute approximate surface area is 170 Å². The predicted octanol–water partition coefficient (Wildman–Crippen LogP) is 4.24. The molecule has 1 aromatic heterocycles. The van der Waals surface area contributed by atoms with Gasteiger partial charge in [-0.25, -0.2) is 4.98 Å². The van der Waals surface area contributed by atoms with Crippen molar-refractivity contribution in [3.8, 4) is 6.07 Å². The summed E-state index contributed by atoms with van der Waals surface area (Å²) in [4.78, 5) is 12.6. The Morgan fingerprint density at radius 3 is 2.69 bits per heavy atom. The van der Waals surface area contributed by atoms with E-state index in [1.165, 1.54) is 27.7 Å². The Morgan fingerprint density at radius 1 is 1.10 bits per heavy atom. The lowest BCUT2D eigenvalue weighted by Gasteiger charge is -2.39. The molecule has 0 aliphatic carbocycles. The number of hydrogen-bond acceptors (Lipinski definition) is 4. The molecule has 144 valence electrons. The molecule has 0 saturated carbocycles. The maximum absolute atomic E-state index is 10.3. The minimum Gasteiger partial charge on any atom is -0.377 e. The molecule has 0 fully saturated rings. The highest BCUT2D eigenvalue weighted by Gasteiger charge is 2.42. The van der Waals surface area contributed by atoms with Crippen LogP contribution in [-0.4, -0.2) is 37.7 Å². The highest BCUT2D eigenvalue weighted by Crippen LogP contribution is 2.44. The number of imidazole rings is 1. The summed E-state index contributed by atoms with van der Waals surface area (Å²) in [6.07, 6.45) is 0.640. The topological polar surface area (TPSA) is 58.9 Å². The fourth-order valence-electron chi connectivity index (χ4n) is 4.67. The van der Waals surface area contributed by atoms with Crippen LogP contribution in [0.1, 0.15) is 11.4 Å². The molecule has 1 aliphatic rings. The molecule has 0 spiro atoms. The monoisotopic (exact) mass is 381 g/mol. The van der Waals surface area contributed by atoms with E-state index in [1.807, 2.05) is 24.3 Å². The Balaban J connectivity index is 1.71. The number of likely N-dealkylation sites (N-methyl/N-ethyl adjacent to an activating group) is 1. The van der Waals surface area contributed by atoms with E-state index in [-0.39, 0.29) is 0 Å². The third kappa shape index (κ3) is 2.56. The van der Waals surface area contributed by atoms with Crippen LogP contribution in [0.5, 0.6) is 0 Å². The number of rotatable bonds is 2.